The van der Waals surface area contributed by atoms with Gasteiger partial charge in [-0.1, -0.05) is 13.3 Å². The van der Waals surface area contributed by atoms with Crippen LogP contribution >= 0.6 is 0 Å². The summed E-state index contributed by atoms with van der Waals surface area (Å²) in [6.07, 6.45) is 3.55. The number of ketones is 1. The molecule has 0 aromatic rings. The van der Waals surface area contributed by atoms with E-state index < -0.39 is 0 Å². The first-order chi connectivity index (χ1) is 4.75. The minimum absolute atomic E-state index is 0. The second-order valence-electron chi connectivity index (χ2n) is 2.98. The van der Waals surface area contributed by atoms with E-state index in [-0.39, 0.29) is 48.6 Å². The molecule has 2 atom stereocenters. The number of Topliss-reactive ketones (excluding diaryl/α,β-unsaturated/α-hetero) is 1. The summed E-state index contributed by atoms with van der Waals surface area (Å²) in [6.45, 7) is 1.90. The largest absolute Gasteiger partial charge is 1.00 e. The molecular weight excluding hydrogens is 151 g/mol. The van der Waals surface area contributed by atoms with Crippen molar-refractivity contribution in [1.29, 1.82) is 0 Å². The number of hydrogen-bond donors (Lipinski definition) is 0. The minimum atomic E-state index is -0.288. The van der Waals surface area contributed by atoms with Crippen molar-refractivity contribution < 1.29 is 40.6 Å². The maximum atomic E-state index is 11.1. The summed E-state index contributed by atoms with van der Waals surface area (Å²) in [6, 6.07) is 0. The van der Waals surface area contributed by atoms with Crippen LogP contribution in [0.25, 0.3) is 0 Å². The second kappa shape index (κ2) is 5.07. The number of carbonyl (C=O) groups is 2. The standard InChI is InChI=1S/C8H12O2.Na.H/c1-6-3-2-4-7(5-9)8(6)10;;/h5-7H,2-4H2,1H3;;/q;+1;-1. The molecule has 1 aliphatic rings. The van der Waals surface area contributed by atoms with E-state index in [2.05, 4.69) is 0 Å². The van der Waals surface area contributed by atoms with Crippen molar-refractivity contribution in [3.63, 3.8) is 0 Å². The third-order valence-electron chi connectivity index (χ3n) is 2.17. The molecule has 1 rings (SSSR count). The van der Waals surface area contributed by atoms with Gasteiger partial charge in [0.15, 0.2) is 0 Å². The molecular formula is C8H13NaO2. The Morgan fingerprint density at radius 2 is 2.18 bits per heavy atom. The average Bonchev–Trinajstić information content (AvgIpc) is 1.95. The fourth-order valence-corrected chi connectivity index (χ4v) is 1.43. The molecule has 0 aliphatic heterocycles. The summed E-state index contributed by atoms with van der Waals surface area (Å²) in [4.78, 5) is 21.4. The number of carbonyl (C=O) groups excluding carboxylic acids is 2. The molecule has 0 N–H and O–H groups in total. The molecule has 2 nitrogen and oxygen atoms in total. The van der Waals surface area contributed by atoms with E-state index in [4.69, 9.17) is 0 Å². The first kappa shape index (κ1) is 11.3. The van der Waals surface area contributed by atoms with Crippen LogP contribution in [0.3, 0.4) is 0 Å². The smallest absolute Gasteiger partial charge is 1.00 e. The molecule has 58 valence electrons. The summed E-state index contributed by atoms with van der Waals surface area (Å²) in [5.41, 5.74) is 0. The molecule has 0 amide bonds. The van der Waals surface area contributed by atoms with E-state index in [1.807, 2.05) is 6.92 Å². The van der Waals surface area contributed by atoms with E-state index in [9.17, 15) is 9.59 Å². The topological polar surface area (TPSA) is 34.1 Å². The van der Waals surface area contributed by atoms with Crippen LogP contribution < -0.4 is 29.6 Å². The van der Waals surface area contributed by atoms with E-state index in [1.165, 1.54) is 0 Å². The summed E-state index contributed by atoms with van der Waals surface area (Å²) in [7, 11) is 0. The van der Waals surface area contributed by atoms with Crippen LogP contribution in [0.5, 0.6) is 0 Å². The first-order valence-corrected chi connectivity index (χ1v) is 3.74. The zero-order chi connectivity index (χ0) is 7.56. The number of rotatable bonds is 1. The normalized spacial score (nSPS) is 30.8. The van der Waals surface area contributed by atoms with Crippen LogP contribution in [-0.4, -0.2) is 12.1 Å². The van der Waals surface area contributed by atoms with Gasteiger partial charge in [0.05, 0.1) is 5.92 Å². The van der Waals surface area contributed by atoms with Gasteiger partial charge in [0.2, 0.25) is 0 Å². The van der Waals surface area contributed by atoms with Gasteiger partial charge in [-0.3, -0.25) is 4.79 Å². The van der Waals surface area contributed by atoms with Crippen LogP contribution in [0, 0.1) is 11.8 Å². The molecule has 0 saturated heterocycles. The Labute approximate surface area is 90.5 Å². The van der Waals surface area contributed by atoms with Crippen molar-refractivity contribution in [2.45, 2.75) is 26.2 Å². The Kier molecular flexibility index (Phi) is 5.23. The SMILES string of the molecule is CC1CCCC(C=O)C1=O.[H-].[Na+]. The fourth-order valence-electron chi connectivity index (χ4n) is 1.43. The van der Waals surface area contributed by atoms with Crippen molar-refractivity contribution >= 4 is 12.1 Å². The Morgan fingerprint density at radius 3 is 2.64 bits per heavy atom. The van der Waals surface area contributed by atoms with E-state index in [1.54, 1.807) is 0 Å². The summed E-state index contributed by atoms with van der Waals surface area (Å²) in [5, 5.41) is 0. The maximum absolute atomic E-state index is 11.1. The van der Waals surface area contributed by atoms with E-state index in [0.29, 0.717) is 0 Å². The van der Waals surface area contributed by atoms with Crippen molar-refractivity contribution in [2.75, 3.05) is 0 Å². The predicted molar refractivity (Wildman–Crippen MR) is 38.7 cm³/mol. The monoisotopic (exact) mass is 164 g/mol. The molecule has 11 heavy (non-hydrogen) atoms. The summed E-state index contributed by atoms with van der Waals surface area (Å²) in [5.74, 6) is -0.0334. The van der Waals surface area contributed by atoms with Crippen molar-refractivity contribution in [3.8, 4) is 0 Å². The van der Waals surface area contributed by atoms with Gasteiger partial charge in [0.1, 0.15) is 12.1 Å². The minimum Gasteiger partial charge on any atom is -1.00 e. The molecule has 1 aliphatic carbocycles. The summed E-state index contributed by atoms with van der Waals surface area (Å²) < 4.78 is 0. The zero-order valence-electron chi connectivity index (χ0n) is 8.17. The van der Waals surface area contributed by atoms with Crippen molar-refractivity contribution in [1.82, 2.24) is 0 Å². The van der Waals surface area contributed by atoms with E-state index >= 15 is 0 Å². The van der Waals surface area contributed by atoms with Gasteiger partial charge in [-0.05, 0) is 12.8 Å². The Morgan fingerprint density at radius 1 is 1.55 bits per heavy atom. The Hall–Kier alpha value is 0.340. The molecule has 2 unspecified atom stereocenters. The average molecular weight is 164 g/mol. The molecule has 0 bridgehead atoms. The van der Waals surface area contributed by atoms with E-state index in [0.717, 1.165) is 25.5 Å². The van der Waals surface area contributed by atoms with Crippen LogP contribution in [0.2, 0.25) is 0 Å². The zero-order valence-corrected chi connectivity index (χ0v) is 9.17. The molecule has 0 radical (unpaired) electrons. The molecule has 0 aromatic heterocycles. The van der Waals surface area contributed by atoms with Gasteiger partial charge in [-0.15, -0.1) is 0 Å². The molecule has 1 saturated carbocycles. The third kappa shape index (κ3) is 2.69. The van der Waals surface area contributed by atoms with Gasteiger partial charge >= 0.3 is 29.6 Å². The van der Waals surface area contributed by atoms with Crippen LogP contribution in [-0.2, 0) is 9.59 Å². The Bertz CT molecular complexity index is 161. The first-order valence-electron chi connectivity index (χ1n) is 3.74. The molecule has 0 spiro atoms. The van der Waals surface area contributed by atoms with Gasteiger partial charge in [-0.25, -0.2) is 0 Å². The molecule has 1 fully saturated rings. The Balaban J connectivity index is 0. The van der Waals surface area contributed by atoms with Gasteiger partial charge < -0.3 is 6.22 Å². The van der Waals surface area contributed by atoms with Gasteiger partial charge in [0.25, 0.3) is 0 Å². The van der Waals surface area contributed by atoms with Crippen LogP contribution in [0.4, 0.5) is 0 Å². The molecule has 3 heteroatoms. The van der Waals surface area contributed by atoms with Crippen molar-refractivity contribution in [2.24, 2.45) is 11.8 Å². The quantitative estimate of drug-likeness (QED) is 0.263. The summed E-state index contributed by atoms with van der Waals surface area (Å²) >= 11 is 0. The number of hydrogen-bond acceptors (Lipinski definition) is 2. The maximum Gasteiger partial charge on any atom is 1.00 e. The van der Waals surface area contributed by atoms with Crippen LogP contribution in [0.1, 0.15) is 27.6 Å². The number of aldehydes is 1. The van der Waals surface area contributed by atoms with Gasteiger partial charge in [0, 0.05) is 5.92 Å². The molecule has 0 aromatic carbocycles. The fraction of sp³-hybridized carbons (Fsp3) is 0.750. The predicted octanol–water partition coefficient (Wildman–Crippen LogP) is -1.69. The third-order valence-corrected chi connectivity index (χ3v) is 2.17. The molecule has 0 heterocycles. The van der Waals surface area contributed by atoms with Gasteiger partial charge in [-0.2, -0.15) is 0 Å². The van der Waals surface area contributed by atoms with Crippen molar-refractivity contribution in [3.05, 3.63) is 0 Å². The van der Waals surface area contributed by atoms with Crippen LogP contribution in [0.15, 0.2) is 0 Å². The second-order valence-corrected chi connectivity index (χ2v) is 2.98.